The van der Waals surface area contributed by atoms with E-state index in [9.17, 15) is 13.6 Å². The van der Waals surface area contributed by atoms with E-state index >= 15 is 0 Å². The molecule has 0 spiro atoms. The highest BCUT2D eigenvalue weighted by Gasteiger charge is 2.27. The lowest BCUT2D eigenvalue weighted by atomic mass is 10.0. The third-order valence-electron chi connectivity index (χ3n) is 5.05. The van der Waals surface area contributed by atoms with Gasteiger partial charge < -0.3 is 4.90 Å². The Kier molecular flexibility index (Phi) is 6.45. The molecule has 0 radical (unpaired) electrons. The molecule has 1 aromatic heterocycles. The minimum Gasteiger partial charge on any atom is -0.340 e. The van der Waals surface area contributed by atoms with E-state index in [1.807, 2.05) is 17.9 Å². The Morgan fingerprint density at radius 1 is 1.19 bits per heavy atom. The molecular formula is C20H24F2N4O. The first-order valence-corrected chi connectivity index (χ1v) is 9.30. The number of amides is 1. The van der Waals surface area contributed by atoms with E-state index < -0.39 is 11.6 Å². The minimum absolute atomic E-state index is 0.106. The summed E-state index contributed by atoms with van der Waals surface area (Å²) in [6, 6.07) is 5.47. The van der Waals surface area contributed by atoms with Crippen molar-refractivity contribution in [2.24, 2.45) is 0 Å². The van der Waals surface area contributed by atoms with Crippen LogP contribution in [-0.4, -0.2) is 51.9 Å². The van der Waals surface area contributed by atoms with Crippen molar-refractivity contribution in [2.45, 2.75) is 32.2 Å². The number of aryl methyl sites for hydroxylation is 1. The molecule has 0 bridgehead atoms. The van der Waals surface area contributed by atoms with Crippen LogP contribution in [0.4, 0.5) is 8.78 Å². The second-order valence-corrected chi connectivity index (χ2v) is 6.71. The Labute approximate surface area is 158 Å². The summed E-state index contributed by atoms with van der Waals surface area (Å²) in [5.74, 6) is -0.968. The van der Waals surface area contributed by atoms with Crippen molar-refractivity contribution >= 4 is 5.91 Å². The molecule has 0 saturated carbocycles. The predicted octanol–water partition coefficient (Wildman–Crippen LogP) is 2.98. The maximum absolute atomic E-state index is 14.2. The van der Waals surface area contributed by atoms with Crippen molar-refractivity contribution in [1.82, 2.24) is 19.8 Å². The highest BCUT2D eigenvalue weighted by Crippen LogP contribution is 2.28. The Bertz CT molecular complexity index is 764. The molecular weight excluding hydrogens is 350 g/mol. The average Bonchev–Trinajstić information content (AvgIpc) is 2.69. The number of hydrogen-bond acceptors (Lipinski definition) is 4. The van der Waals surface area contributed by atoms with Crippen molar-refractivity contribution in [3.8, 4) is 0 Å². The van der Waals surface area contributed by atoms with Crippen LogP contribution in [0.25, 0.3) is 0 Å². The van der Waals surface area contributed by atoms with Crippen LogP contribution in [0, 0.1) is 11.6 Å². The zero-order chi connectivity index (χ0) is 19.2. The highest BCUT2D eigenvalue weighted by atomic mass is 19.1. The van der Waals surface area contributed by atoms with Crippen molar-refractivity contribution in [3.05, 3.63) is 59.7 Å². The summed E-state index contributed by atoms with van der Waals surface area (Å²) in [7, 11) is 0. The van der Waals surface area contributed by atoms with Gasteiger partial charge >= 0.3 is 0 Å². The number of nitrogens with zero attached hydrogens (tertiary/aromatic N) is 4. The normalized spacial score (nSPS) is 16.3. The van der Waals surface area contributed by atoms with Gasteiger partial charge in [0.25, 0.3) is 0 Å². The molecule has 1 unspecified atom stereocenters. The molecule has 1 aliphatic heterocycles. The lowest BCUT2D eigenvalue weighted by molar-refractivity contribution is -0.133. The molecule has 2 aromatic rings. The minimum atomic E-state index is -0.565. The molecule has 0 N–H and O–H groups in total. The van der Waals surface area contributed by atoms with Gasteiger partial charge in [0.2, 0.25) is 5.91 Å². The molecule has 1 amide bonds. The van der Waals surface area contributed by atoms with E-state index in [4.69, 9.17) is 0 Å². The number of carbonyl (C=O) groups is 1. The van der Waals surface area contributed by atoms with E-state index in [2.05, 4.69) is 14.9 Å². The summed E-state index contributed by atoms with van der Waals surface area (Å²) in [5.41, 5.74) is 1.37. The van der Waals surface area contributed by atoms with Gasteiger partial charge in [0.1, 0.15) is 18.0 Å². The van der Waals surface area contributed by atoms with Crippen molar-refractivity contribution in [3.63, 3.8) is 0 Å². The van der Waals surface area contributed by atoms with Crippen LogP contribution in [0.1, 0.15) is 37.1 Å². The quantitative estimate of drug-likeness (QED) is 0.780. The number of carbonyl (C=O) groups excluding carboxylic acids is 1. The third kappa shape index (κ3) is 4.86. The first-order chi connectivity index (χ1) is 13.1. The first kappa shape index (κ1) is 19.4. The highest BCUT2D eigenvalue weighted by molar-refractivity contribution is 5.76. The van der Waals surface area contributed by atoms with Gasteiger partial charge in [-0.2, -0.15) is 0 Å². The largest absolute Gasteiger partial charge is 0.340 e. The Morgan fingerprint density at radius 3 is 2.59 bits per heavy atom. The molecule has 1 saturated heterocycles. The van der Waals surface area contributed by atoms with Gasteiger partial charge in [-0.05, 0) is 25.0 Å². The predicted molar refractivity (Wildman–Crippen MR) is 97.9 cm³/mol. The number of aromatic nitrogens is 2. The summed E-state index contributed by atoms with van der Waals surface area (Å²) >= 11 is 0. The number of hydrogen-bond donors (Lipinski definition) is 0. The summed E-state index contributed by atoms with van der Waals surface area (Å²) in [4.78, 5) is 24.5. The SMILES string of the molecule is CCC(c1ccc(F)cc1F)N1CCN(C(=O)CCc2ccncn2)CC1. The fourth-order valence-corrected chi connectivity index (χ4v) is 3.59. The van der Waals surface area contributed by atoms with E-state index in [-0.39, 0.29) is 11.9 Å². The van der Waals surface area contributed by atoms with E-state index in [0.29, 0.717) is 44.6 Å². The molecule has 1 aromatic carbocycles. The topological polar surface area (TPSA) is 49.3 Å². The lowest BCUT2D eigenvalue weighted by Gasteiger charge is -2.39. The van der Waals surface area contributed by atoms with Gasteiger partial charge in [-0.1, -0.05) is 13.0 Å². The molecule has 144 valence electrons. The van der Waals surface area contributed by atoms with E-state index in [1.54, 1.807) is 6.20 Å². The standard InChI is InChI=1S/C20H24F2N4O/c1-2-19(17-5-3-15(21)13-18(17)22)25-9-11-26(12-10-25)20(27)6-4-16-7-8-23-14-24-16/h3,5,7-8,13-14,19H,2,4,6,9-12H2,1H3. The molecule has 2 heterocycles. The van der Waals surface area contributed by atoms with E-state index in [1.165, 1.54) is 18.5 Å². The second-order valence-electron chi connectivity index (χ2n) is 6.71. The lowest BCUT2D eigenvalue weighted by Crippen LogP contribution is -2.49. The van der Waals surface area contributed by atoms with Gasteiger partial charge in [0.15, 0.2) is 0 Å². The van der Waals surface area contributed by atoms with Crippen LogP contribution in [0.2, 0.25) is 0 Å². The van der Waals surface area contributed by atoms with Crippen LogP contribution in [0.3, 0.4) is 0 Å². The number of halogens is 2. The fourth-order valence-electron chi connectivity index (χ4n) is 3.59. The molecule has 27 heavy (non-hydrogen) atoms. The van der Waals surface area contributed by atoms with Crippen molar-refractivity contribution < 1.29 is 13.6 Å². The number of piperazine rings is 1. The molecule has 1 aliphatic rings. The number of benzene rings is 1. The monoisotopic (exact) mass is 374 g/mol. The van der Waals surface area contributed by atoms with Gasteiger partial charge in [-0.25, -0.2) is 18.7 Å². The Morgan fingerprint density at radius 2 is 1.96 bits per heavy atom. The zero-order valence-electron chi connectivity index (χ0n) is 15.4. The summed E-state index contributed by atoms with van der Waals surface area (Å²) in [5, 5.41) is 0. The summed E-state index contributed by atoms with van der Waals surface area (Å²) in [6.07, 6.45) is 4.90. The summed E-state index contributed by atoms with van der Waals surface area (Å²) < 4.78 is 27.4. The fraction of sp³-hybridized carbons (Fsp3) is 0.450. The molecule has 1 atom stereocenters. The first-order valence-electron chi connectivity index (χ1n) is 9.30. The number of rotatable bonds is 6. The second kappa shape index (κ2) is 8.99. The average molecular weight is 374 g/mol. The smallest absolute Gasteiger partial charge is 0.223 e. The van der Waals surface area contributed by atoms with Crippen molar-refractivity contribution in [1.29, 1.82) is 0 Å². The van der Waals surface area contributed by atoms with Gasteiger partial charge in [-0.15, -0.1) is 0 Å². The van der Waals surface area contributed by atoms with Crippen LogP contribution in [-0.2, 0) is 11.2 Å². The van der Waals surface area contributed by atoms with Crippen LogP contribution in [0.5, 0.6) is 0 Å². The van der Waals surface area contributed by atoms with Crippen LogP contribution < -0.4 is 0 Å². The molecule has 0 aliphatic carbocycles. The summed E-state index contributed by atoms with van der Waals surface area (Å²) in [6.45, 7) is 4.57. The molecule has 1 fully saturated rings. The van der Waals surface area contributed by atoms with Gasteiger partial charge in [-0.3, -0.25) is 9.69 Å². The van der Waals surface area contributed by atoms with Crippen molar-refractivity contribution in [2.75, 3.05) is 26.2 Å². The van der Waals surface area contributed by atoms with Crippen LogP contribution >= 0.6 is 0 Å². The van der Waals surface area contributed by atoms with Crippen LogP contribution in [0.15, 0.2) is 36.8 Å². The Hall–Kier alpha value is -2.41. The van der Waals surface area contributed by atoms with E-state index in [0.717, 1.165) is 18.2 Å². The zero-order valence-corrected chi connectivity index (χ0v) is 15.4. The molecule has 3 rings (SSSR count). The Balaban J connectivity index is 1.54. The maximum Gasteiger partial charge on any atom is 0.223 e. The van der Waals surface area contributed by atoms with Gasteiger partial charge in [0, 0.05) is 62.2 Å². The maximum atomic E-state index is 14.2. The molecule has 5 nitrogen and oxygen atoms in total. The third-order valence-corrected chi connectivity index (χ3v) is 5.05. The molecule has 7 heteroatoms. The van der Waals surface area contributed by atoms with Gasteiger partial charge in [0.05, 0.1) is 0 Å².